The first-order valence-electron chi connectivity index (χ1n) is 6.83. The molecule has 0 aliphatic heterocycles. The first-order chi connectivity index (χ1) is 8.15. The Kier molecular flexibility index (Phi) is 6.27. The maximum absolute atomic E-state index is 10.1. The largest absolute Gasteiger partial charge is 0.387 e. The SMILES string of the molecule is CCCCCCCCC(O)c1cc(C)nn1C. The van der Waals surface area contributed by atoms with E-state index in [2.05, 4.69) is 12.0 Å². The minimum absolute atomic E-state index is 0.354. The van der Waals surface area contributed by atoms with Crippen molar-refractivity contribution in [3.8, 4) is 0 Å². The highest BCUT2D eigenvalue weighted by molar-refractivity contribution is 5.11. The van der Waals surface area contributed by atoms with Crippen molar-refractivity contribution in [1.29, 1.82) is 0 Å². The van der Waals surface area contributed by atoms with Crippen molar-refractivity contribution in [2.24, 2.45) is 7.05 Å². The molecule has 1 heterocycles. The summed E-state index contributed by atoms with van der Waals surface area (Å²) in [5.41, 5.74) is 1.92. The van der Waals surface area contributed by atoms with Gasteiger partial charge in [0.15, 0.2) is 0 Å². The highest BCUT2D eigenvalue weighted by Crippen LogP contribution is 2.20. The number of unbranched alkanes of at least 4 members (excludes halogenated alkanes) is 5. The molecule has 3 nitrogen and oxygen atoms in total. The summed E-state index contributed by atoms with van der Waals surface area (Å²) >= 11 is 0. The van der Waals surface area contributed by atoms with Gasteiger partial charge in [0, 0.05) is 7.05 Å². The average Bonchev–Trinajstić information content (AvgIpc) is 2.62. The van der Waals surface area contributed by atoms with Crippen LogP contribution in [0.5, 0.6) is 0 Å². The van der Waals surface area contributed by atoms with Crippen molar-refractivity contribution in [3.05, 3.63) is 17.5 Å². The Labute approximate surface area is 105 Å². The second-order valence-electron chi connectivity index (χ2n) is 4.91. The van der Waals surface area contributed by atoms with E-state index >= 15 is 0 Å². The zero-order chi connectivity index (χ0) is 12.7. The molecule has 1 atom stereocenters. The number of aromatic nitrogens is 2. The van der Waals surface area contributed by atoms with Crippen LogP contribution in [0.3, 0.4) is 0 Å². The fourth-order valence-corrected chi connectivity index (χ4v) is 2.21. The van der Waals surface area contributed by atoms with Gasteiger partial charge < -0.3 is 5.11 Å². The Balaban J connectivity index is 2.21. The number of aliphatic hydroxyl groups excluding tert-OH is 1. The molecule has 1 rings (SSSR count). The van der Waals surface area contributed by atoms with Crippen molar-refractivity contribution in [3.63, 3.8) is 0 Å². The minimum Gasteiger partial charge on any atom is -0.387 e. The van der Waals surface area contributed by atoms with Gasteiger partial charge in [-0.15, -0.1) is 0 Å². The molecular formula is C14H26N2O. The molecule has 0 aromatic carbocycles. The second kappa shape index (κ2) is 7.49. The zero-order valence-electron chi connectivity index (χ0n) is 11.4. The summed E-state index contributed by atoms with van der Waals surface area (Å²) in [6.45, 7) is 4.19. The van der Waals surface area contributed by atoms with Crippen LogP contribution in [0.15, 0.2) is 6.07 Å². The van der Waals surface area contributed by atoms with E-state index in [9.17, 15) is 5.11 Å². The Morgan fingerprint density at radius 3 is 2.47 bits per heavy atom. The van der Waals surface area contributed by atoms with Crippen LogP contribution >= 0.6 is 0 Å². The lowest BCUT2D eigenvalue weighted by Crippen LogP contribution is -2.05. The lowest BCUT2D eigenvalue weighted by Gasteiger charge is -2.10. The Hall–Kier alpha value is -0.830. The molecular weight excluding hydrogens is 212 g/mol. The van der Waals surface area contributed by atoms with Gasteiger partial charge in [-0.25, -0.2) is 0 Å². The Morgan fingerprint density at radius 1 is 1.24 bits per heavy atom. The molecule has 1 aromatic heterocycles. The van der Waals surface area contributed by atoms with E-state index in [1.54, 1.807) is 4.68 Å². The summed E-state index contributed by atoms with van der Waals surface area (Å²) in [6.07, 6.45) is 8.09. The highest BCUT2D eigenvalue weighted by atomic mass is 16.3. The molecule has 0 aliphatic rings. The van der Waals surface area contributed by atoms with Crippen LogP contribution in [0.1, 0.15) is 69.4 Å². The molecule has 98 valence electrons. The number of hydrogen-bond acceptors (Lipinski definition) is 2. The Bertz CT molecular complexity index is 320. The molecule has 0 spiro atoms. The third-order valence-electron chi connectivity index (χ3n) is 3.21. The van der Waals surface area contributed by atoms with Gasteiger partial charge >= 0.3 is 0 Å². The predicted octanol–water partition coefficient (Wildman–Crippen LogP) is 3.51. The van der Waals surface area contributed by atoms with Crippen LogP contribution in [-0.4, -0.2) is 14.9 Å². The maximum atomic E-state index is 10.1. The lowest BCUT2D eigenvalue weighted by atomic mass is 10.1. The molecule has 1 unspecified atom stereocenters. The number of aryl methyl sites for hydroxylation is 2. The van der Waals surface area contributed by atoms with Crippen LogP contribution in [0.2, 0.25) is 0 Å². The summed E-state index contributed by atoms with van der Waals surface area (Å²) in [6, 6.07) is 1.97. The van der Waals surface area contributed by atoms with Crippen LogP contribution in [0, 0.1) is 6.92 Å². The van der Waals surface area contributed by atoms with Crippen molar-refractivity contribution < 1.29 is 5.11 Å². The Morgan fingerprint density at radius 2 is 1.88 bits per heavy atom. The fourth-order valence-electron chi connectivity index (χ4n) is 2.21. The van der Waals surface area contributed by atoms with E-state index < -0.39 is 0 Å². The third-order valence-corrected chi connectivity index (χ3v) is 3.21. The van der Waals surface area contributed by atoms with E-state index in [0.717, 1.165) is 24.2 Å². The van der Waals surface area contributed by atoms with Gasteiger partial charge in [0.25, 0.3) is 0 Å². The maximum Gasteiger partial charge on any atom is 0.0956 e. The summed E-state index contributed by atoms with van der Waals surface area (Å²) in [4.78, 5) is 0. The first-order valence-corrected chi connectivity index (χ1v) is 6.83. The van der Waals surface area contributed by atoms with E-state index in [1.807, 2.05) is 20.0 Å². The minimum atomic E-state index is -0.354. The molecule has 1 aromatic rings. The monoisotopic (exact) mass is 238 g/mol. The second-order valence-corrected chi connectivity index (χ2v) is 4.91. The van der Waals surface area contributed by atoms with E-state index in [0.29, 0.717) is 0 Å². The third kappa shape index (κ3) is 4.90. The molecule has 0 amide bonds. The normalized spacial score (nSPS) is 12.9. The highest BCUT2D eigenvalue weighted by Gasteiger charge is 2.12. The quantitative estimate of drug-likeness (QED) is 0.704. The summed E-state index contributed by atoms with van der Waals surface area (Å²) < 4.78 is 1.79. The fraction of sp³-hybridized carbons (Fsp3) is 0.786. The van der Waals surface area contributed by atoms with Crippen molar-refractivity contribution >= 4 is 0 Å². The van der Waals surface area contributed by atoms with E-state index in [-0.39, 0.29) is 6.10 Å². The molecule has 0 saturated carbocycles. The van der Waals surface area contributed by atoms with E-state index in [1.165, 1.54) is 32.1 Å². The van der Waals surface area contributed by atoms with Crippen molar-refractivity contribution in [2.45, 2.75) is 64.9 Å². The van der Waals surface area contributed by atoms with Gasteiger partial charge in [-0.2, -0.15) is 5.10 Å². The summed E-state index contributed by atoms with van der Waals surface area (Å²) in [5.74, 6) is 0. The van der Waals surface area contributed by atoms with Crippen molar-refractivity contribution in [1.82, 2.24) is 9.78 Å². The topological polar surface area (TPSA) is 38.1 Å². The standard InChI is InChI=1S/C14H26N2O/c1-4-5-6-7-8-9-10-14(17)13-11-12(2)15-16(13)3/h11,14,17H,4-10H2,1-3H3. The molecule has 0 bridgehead atoms. The van der Waals surface area contributed by atoms with E-state index in [4.69, 9.17) is 0 Å². The van der Waals surface area contributed by atoms with Crippen LogP contribution < -0.4 is 0 Å². The predicted molar refractivity (Wildman–Crippen MR) is 70.9 cm³/mol. The molecule has 1 N–H and O–H groups in total. The number of aliphatic hydroxyl groups is 1. The average molecular weight is 238 g/mol. The van der Waals surface area contributed by atoms with Gasteiger partial charge in [-0.3, -0.25) is 4.68 Å². The smallest absolute Gasteiger partial charge is 0.0956 e. The van der Waals surface area contributed by atoms with Gasteiger partial charge in [0.1, 0.15) is 0 Å². The molecule has 17 heavy (non-hydrogen) atoms. The lowest BCUT2D eigenvalue weighted by molar-refractivity contribution is 0.154. The molecule has 0 aliphatic carbocycles. The number of hydrogen-bond donors (Lipinski definition) is 1. The van der Waals surface area contributed by atoms with Crippen LogP contribution in [-0.2, 0) is 7.05 Å². The van der Waals surface area contributed by atoms with Gasteiger partial charge in [-0.1, -0.05) is 45.4 Å². The number of rotatable bonds is 8. The summed E-state index contributed by atoms with van der Waals surface area (Å²) in [5, 5.41) is 14.3. The zero-order valence-corrected chi connectivity index (χ0v) is 11.4. The molecule has 3 heteroatoms. The van der Waals surface area contributed by atoms with Crippen LogP contribution in [0.4, 0.5) is 0 Å². The first kappa shape index (κ1) is 14.2. The molecule has 0 fully saturated rings. The summed E-state index contributed by atoms with van der Waals surface area (Å²) in [7, 11) is 1.90. The number of nitrogens with zero attached hydrogens (tertiary/aromatic N) is 2. The molecule has 0 radical (unpaired) electrons. The van der Waals surface area contributed by atoms with Gasteiger partial charge in [0.2, 0.25) is 0 Å². The van der Waals surface area contributed by atoms with Gasteiger partial charge in [-0.05, 0) is 19.4 Å². The molecule has 0 saturated heterocycles. The van der Waals surface area contributed by atoms with Crippen molar-refractivity contribution in [2.75, 3.05) is 0 Å². The van der Waals surface area contributed by atoms with Crippen LogP contribution in [0.25, 0.3) is 0 Å². The van der Waals surface area contributed by atoms with Gasteiger partial charge in [0.05, 0.1) is 17.5 Å².